The van der Waals surface area contributed by atoms with Crippen molar-refractivity contribution in [2.75, 3.05) is 11.9 Å². The number of pyridine rings is 1. The lowest BCUT2D eigenvalue weighted by Gasteiger charge is -2.09. The number of hydrogen-bond acceptors (Lipinski definition) is 4. The lowest BCUT2D eigenvalue weighted by atomic mass is 10.2. The minimum Gasteiger partial charge on any atom is -0.505 e. The molecule has 20 heavy (non-hydrogen) atoms. The molecular weight excluding hydrogens is 263 g/mol. The largest absolute Gasteiger partial charge is 0.505 e. The normalized spacial score (nSPS) is 10.1. The van der Waals surface area contributed by atoms with Crippen LogP contribution in [-0.2, 0) is 0 Å². The molecule has 0 fully saturated rings. The molecule has 1 amide bonds. The van der Waals surface area contributed by atoms with Crippen molar-refractivity contribution in [3.8, 4) is 11.5 Å². The molecule has 1 aromatic heterocycles. The number of aromatic nitrogens is 1. The zero-order chi connectivity index (χ0) is 14.5. The van der Waals surface area contributed by atoms with Crippen molar-refractivity contribution in [1.29, 1.82) is 0 Å². The third-order valence-corrected chi connectivity index (χ3v) is 2.53. The maximum atomic E-state index is 13.6. The van der Waals surface area contributed by atoms with Crippen LogP contribution in [0.2, 0.25) is 0 Å². The average Bonchev–Trinajstić information content (AvgIpc) is 2.42. The molecule has 0 aliphatic carbocycles. The van der Waals surface area contributed by atoms with Crippen molar-refractivity contribution in [3.63, 3.8) is 0 Å². The number of nitrogens with zero attached hydrogens (tertiary/aromatic N) is 1. The molecule has 0 atom stereocenters. The maximum Gasteiger partial charge on any atom is 0.259 e. The van der Waals surface area contributed by atoms with Crippen LogP contribution in [-0.4, -0.2) is 22.6 Å². The number of anilines is 1. The highest BCUT2D eigenvalue weighted by molar-refractivity contribution is 6.05. The molecule has 2 aromatic rings. The zero-order valence-electron chi connectivity index (χ0n) is 10.8. The minimum atomic E-state index is -0.566. The van der Waals surface area contributed by atoms with Gasteiger partial charge in [-0.2, -0.15) is 0 Å². The number of carbonyl (C=O) groups excluding carboxylic acids is 1. The molecule has 0 spiro atoms. The smallest absolute Gasteiger partial charge is 0.259 e. The summed E-state index contributed by atoms with van der Waals surface area (Å²) in [5, 5.41) is 12.0. The molecule has 0 radical (unpaired) electrons. The van der Waals surface area contributed by atoms with Gasteiger partial charge >= 0.3 is 0 Å². The summed E-state index contributed by atoms with van der Waals surface area (Å²) in [6.07, 6.45) is 2.54. The molecule has 1 heterocycles. The minimum absolute atomic E-state index is 0.0642. The van der Waals surface area contributed by atoms with Gasteiger partial charge in [0.15, 0.2) is 11.6 Å². The van der Waals surface area contributed by atoms with E-state index >= 15 is 0 Å². The first kappa shape index (κ1) is 13.8. The van der Waals surface area contributed by atoms with Gasteiger partial charge in [0.25, 0.3) is 5.91 Å². The highest BCUT2D eigenvalue weighted by atomic mass is 19.1. The Kier molecular flexibility index (Phi) is 4.14. The lowest BCUT2D eigenvalue weighted by Crippen LogP contribution is -2.12. The summed E-state index contributed by atoms with van der Waals surface area (Å²) in [6, 6.07) is 5.47. The first-order valence-electron chi connectivity index (χ1n) is 5.98. The maximum absolute atomic E-state index is 13.6. The summed E-state index contributed by atoms with van der Waals surface area (Å²) in [7, 11) is 0. The molecular formula is C14H13FN2O3. The van der Waals surface area contributed by atoms with Crippen molar-refractivity contribution < 1.29 is 19.0 Å². The topological polar surface area (TPSA) is 71.5 Å². The van der Waals surface area contributed by atoms with E-state index in [4.69, 9.17) is 4.74 Å². The van der Waals surface area contributed by atoms with E-state index in [1.165, 1.54) is 24.4 Å². The predicted octanol–water partition coefficient (Wildman–Crippen LogP) is 2.58. The van der Waals surface area contributed by atoms with Crippen LogP contribution < -0.4 is 10.1 Å². The predicted molar refractivity (Wildman–Crippen MR) is 71.4 cm³/mol. The summed E-state index contributed by atoms with van der Waals surface area (Å²) >= 11 is 0. The van der Waals surface area contributed by atoms with Crippen molar-refractivity contribution in [3.05, 3.63) is 48.0 Å². The fourth-order valence-electron chi connectivity index (χ4n) is 1.63. The molecule has 0 unspecified atom stereocenters. The number of ether oxygens (including phenoxy) is 1. The van der Waals surface area contributed by atoms with Gasteiger partial charge in [-0.15, -0.1) is 0 Å². The summed E-state index contributed by atoms with van der Waals surface area (Å²) in [6.45, 7) is 2.11. The van der Waals surface area contributed by atoms with Crippen molar-refractivity contribution in [2.45, 2.75) is 6.92 Å². The monoisotopic (exact) mass is 276 g/mol. The Balaban J connectivity index is 2.16. The van der Waals surface area contributed by atoms with Crippen LogP contribution in [0.25, 0.3) is 0 Å². The van der Waals surface area contributed by atoms with Crippen LogP contribution in [0, 0.1) is 5.82 Å². The molecule has 0 saturated carbocycles. The molecule has 2 N–H and O–H groups in total. The van der Waals surface area contributed by atoms with E-state index in [2.05, 4.69) is 10.3 Å². The molecule has 0 bridgehead atoms. The summed E-state index contributed by atoms with van der Waals surface area (Å²) < 4.78 is 18.7. The standard InChI is InChI=1S/C14H13FN2O3/c1-2-20-13-4-3-9(7-11(13)15)17-14(19)10-5-6-16-8-12(10)18/h3-8,18H,2H2,1H3,(H,17,19). The second-order valence-electron chi connectivity index (χ2n) is 3.93. The Hall–Kier alpha value is -2.63. The molecule has 5 nitrogen and oxygen atoms in total. The van der Waals surface area contributed by atoms with E-state index < -0.39 is 11.7 Å². The Morgan fingerprint density at radius 3 is 2.90 bits per heavy atom. The van der Waals surface area contributed by atoms with Crippen LogP contribution in [0.5, 0.6) is 11.5 Å². The van der Waals surface area contributed by atoms with E-state index in [1.54, 1.807) is 6.92 Å². The van der Waals surface area contributed by atoms with E-state index in [0.29, 0.717) is 6.61 Å². The molecule has 0 aliphatic heterocycles. The summed E-state index contributed by atoms with van der Waals surface area (Å²) in [5.74, 6) is -1.23. The molecule has 2 rings (SSSR count). The van der Waals surface area contributed by atoms with Gasteiger partial charge in [-0.1, -0.05) is 0 Å². The van der Waals surface area contributed by atoms with Gasteiger partial charge in [-0.05, 0) is 25.1 Å². The average molecular weight is 276 g/mol. The van der Waals surface area contributed by atoms with E-state index in [-0.39, 0.29) is 22.7 Å². The van der Waals surface area contributed by atoms with Crippen LogP contribution in [0.4, 0.5) is 10.1 Å². The fourth-order valence-corrected chi connectivity index (χ4v) is 1.63. The fraction of sp³-hybridized carbons (Fsp3) is 0.143. The van der Waals surface area contributed by atoms with Crippen molar-refractivity contribution in [1.82, 2.24) is 4.98 Å². The van der Waals surface area contributed by atoms with Gasteiger partial charge in [0.05, 0.1) is 18.4 Å². The second kappa shape index (κ2) is 6.01. The molecule has 6 heteroatoms. The number of carbonyl (C=O) groups is 1. The number of aromatic hydroxyl groups is 1. The van der Waals surface area contributed by atoms with Crippen LogP contribution in [0.1, 0.15) is 17.3 Å². The Morgan fingerprint density at radius 1 is 1.45 bits per heavy atom. The zero-order valence-corrected chi connectivity index (χ0v) is 10.8. The van der Waals surface area contributed by atoms with Gasteiger partial charge in [0, 0.05) is 18.0 Å². The molecule has 1 aromatic carbocycles. The first-order valence-corrected chi connectivity index (χ1v) is 5.98. The highest BCUT2D eigenvalue weighted by Crippen LogP contribution is 2.22. The van der Waals surface area contributed by atoms with Crippen LogP contribution >= 0.6 is 0 Å². The second-order valence-corrected chi connectivity index (χ2v) is 3.93. The van der Waals surface area contributed by atoms with Crippen LogP contribution in [0.15, 0.2) is 36.7 Å². The summed E-state index contributed by atoms with van der Waals surface area (Å²) in [4.78, 5) is 15.6. The van der Waals surface area contributed by atoms with E-state index in [1.807, 2.05) is 0 Å². The van der Waals surface area contributed by atoms with Gasteiger partial charge in [0.2, 0.25) is 0 Å². The van der Waals surface area contributed by atoms with Gasteiger partial charge < -0.3 is 15.2 Å². The van der Waals surface area contributed by atoms with E-state index in [9.17, 15) is 14.3 Å². The van der Waals surface area contributed by atoms with Crippen molar-refractivity contribution >= 4 is 11.6 Å². The number of benzene rings is 1. The molecule has 104 valence electrons. The van der Waals surface area contributed by atoms with Gasteiger partial charge in [0.1, 0.15) is 5.75 Å². The number of amides is 1. The third kappa shape index (κ3) is 3.03. The number of halogens is 1. The summed E-state index contributed by atoms with van der Waals surface area (Å²) in [5.41, 5.74) is 0.335. The third-order valence-electron chi connectivity index (χ3n) is 2.53. The van der Waals surface area contributed by atoms with Crippen molar-refractivity contribution in [2.24, 2.45) is 0 Å². The SMILES string of the molecule is CCOc1ccc(NC(=O)c2ccncc2O)cc1F. The number of nitrogens with one attached hydrogen (secondary N) is 1. The van der Waals surface area contributed by atoms with Gasteiger partial charge in [-0.3, -0.25) is 9.78 Å². The lowest BCUT2D eigenvalue weighted by molar-refractivity contribution is 0.102. The van der Waals surface area contributed by atoms with E-state index in [0.717, 1.165) is 12.3 Å². The van der Waals surface area contributed by atoms with Gasteiger partial charge in [-0.25, -0.2) is 4.39 Å². The first-order chi connectivity index (χ1) is 9.61. The molecule has 0 saturated heterocycles. The Morgan fingerprint density at radius 2 is 2.25 bits per heavy atom. The highest BCUT2D eigenvalue weighted by Gasteiger charge is 2.12. The Labute approximate surface area is 115 Å². The molecule has 0 aliphatic rings. The number of hydrogen-bond donors (Lipinski definition) is 2. The van der Waals surface area contributed by atoms with Crippen LogP contribution in [0.3, 0.4) is 0 Å². The number of rotatable bonds is 4. The quantitative estimate of drug-likeness (QED) is 0.900. The Bertz CT molecular complexity index is 632.